The predicted octanol–water partition coefficient (Wildman–Crippen LogP) is 1.97. The van der Waals surface area contributed by atoms with Gasteiger partial charge >= 0.3 is 5.97 Å². The van der Waals surface area contributed by atoms with Crippen LogP contribution in [0.2, 0.25) is 0 Å². The van der Waals surface area contributed by atoms with E-state index in [1.165, 1.54) is 0 Å². The SMILES string of the molecule is COc1ccc(C(=O)CCNC(C(=O)O)C(C)C)cc1. The summed E-state index contributed by atoms with van der Waals surface area (Å²) in [4.78, 5) is 22.9. The highest BCUT2D eigenvalue weighted by molar-refractivity contribution is 5.96. The molecular formula is C15H21NO4. The van der Waals surface area contributed by atoms with E-state index in [0.29, 0.717) is 17.9 Å². The fourth-order valence-corrected chi connectivity index (χ4v) is 1.87. The minimum Gasteiger partial charge on any atom is -0.497 e. The zero-order valence-corrected chi connectivity index (χ0v) is 12.1. The summed E-state index contributed by atoms with van der Waals surface area (Å²) in [5.74, 6) is -0.237. The highest BCUT2D eigenvalue weighted by Gasteiger charge is 2.20. The molecule has 0 aliphatic carbocycles. The second-order valence-electron chi connectivity index (χ2n) is 4.92. The zero-order chi connectivity index (χ0) is 15.1. The van der Waals surface area contributed by atoms with Gasteiger partial charge in [0.2, 0.25) is 0 Å². The molecule has 5 nitrogen and oxygen atoms in total. The van der Waals surface area contributed by atoms with Crippen molar-refractivity contribution in [2.45, 2.75) is 26.3 Å². The Kier molecular flexibility index (Phi) is 6.18. The van der Waals surface area contributed by atoms with Crippen molar-refractivity contribution in [1.29, 1.82) is 0 Å². The van der Waals surface area contributed by atoms with E-state index in [-0.39, 0.29) is 18.1 Å². The minimum atomic E-state index is -0.892. The number of carboxylic acid groups (broad SMARTS) is 1. The van der Waals surface area contributed by atoms with Gasteiger partial charge in [0, 0.05) is 18.5 Å². The lowest BCUT2D eigenvalue weighted by molar-refractivity contribution is -0.140. The Labute approximate surface area is 118 Å². The molecule has 0 heterocycles. The maximum Gasteiger partial charge on any atom is 0.320 e. The van der Waals surface area contributed by atoms with Gasteiger partial charge in [0.1, 0.15) is 11.8 Å². The molecular weight excluding hydrogens is 258 g/mol. The van der Waals surface area contributed by atoms with Gasteiger partial charge in [-0.05, 0) is 30.2 Å². The number of hydrogen-bond acceptors (Lipinski definition) is 4. The lowest BCUT2D eigenvalue weighted by atomic mass is 10.0. The molecule has 0 aliphatic heterocycles. The van der Waals surface area contributed by atoms with Crippen LogP contribution in [0.5, 0.6) is 5.75 Å². The molecule has 0 amide bonds. The number of aliphatic carboxylic acids is 1. The molecule has 1 atom stereocenters. The highest BCUT2D eigenvalue weighted by atomic mass is 16.5. The van der Waals surface area contributed by atoms with Crippen LogP contribution >= 0.6 is 0 Å². The number of ether oxygens (including phenoxy) is 1. The van der Waals surface area contributed by atoms with Gasteiger partial charge in [0.05, 0.1) is 7.11 Å². The van der Waals surface area contributed by atoms with Crippen molar-refractivity contribution in [3.05, 3.63) is 29.8 Å². The van der Waals surface area contributed by atoms with Crippen LogP contribution in [0.4, 0.5) is 0 Å². The third kappa shape index (κ3) is 4.66. The van der Waals surface area contributed by atoms with E-state index in [1.54, 1.807) is 31.4 Å². The topological polar surface area (TPSA) is 75.6 Å². The molecule has 0 aromatic heterocycles. The van der Waals surface area contributed by atoms with Gasteiger partial charge in [0.15, 0.2) is 5.78 Å². The largest absolute Gasteiger partial charge is 0.497 e. The number of ketones is 1. The molecule has 0 saturated carbocycles. The minimum absolute atomic E-state index is 0.0203. The first-order valence-corrected chi connectivity index (χ1v) is 6.59. The summed E-state index contributed by atoms with van der Waals surface area (Å²) in [5.41, 5.74) is 0.601. The quantitative estimate of drug-likeness (QED) is 0.711. The van der Waals surface area contributed by atoms with Crippen LogP contribution in [0.15, 0.2) is 24.3 Å². The molecule has 0 spiro atoms. The van der Waals surface area contributed by atoms with Gasteiger partial charge in [-0.2, -0.15) is 0 Å². The first kappa shape index (κ1) is 16.2. The first-order chi connectivity index (χ1) is 9.45. The molecule has 2 N–H and O–H groups in total. The third-order valence-electron chi connectivity index (χ3n) is 3.06. The third-order valence-corrected chi connectivity index (χ3v) is 3.06. The maximum absolute atomic E-state index is 11.9. The summed E-state index contributed by atoms with van der Waals surface area (Å²) in [6.07, 6.45) is 0.267. The molecule has 20 heavy (non-hydrogen) atoms. The standard InChI is InChI=1S/C15H21NO4/c1-10(2)14(15(18)19)16-9-8-13(17)11-4-6-12(20-3)7-5-11/h4-7,10,14,16H,8-9H2,1-3H3,(H,18,19). The average Bonchev–Trinajstić information content (AvgIpc) is 2.42. The molecule has 0 bridgehead atoms. The normalized spacial score (nSPS) is 12.2. The monoisotopic (exact) mass is 279 g/mol. The fraction of sp³-hybridized carbons (Fsp3) is 0.467. The van der Waals surface area contributed by atoms with E-state index in [1.807, 2.05) is 13.8 Å². The molecule has 5 heteroatoms. The van der Waals surface area contributed by atoms with Crippen LogP contribution in [0.25, 0.3) is 0 Å². The molecule has 1 unspecified atom stereocenters. The number of benzene rings is 1. The summed E-state index contributed by atoms with van der Waals surface area (Å²) < 4.78 is 5.03. The smallest absolute Gasteiger partial charge is 0.320 e. The Balaban J connectivity index is 2.48. The number of carbonyl (C=O) groups is 2. The molecule has 0 fully saturated rings. The van der Waals surface area contributed by atoms with E-state index in [9.17, 15) is 9.59 Å². The Morgan fingerprint density at radius 2 is 1.85 bits per heavy atom. The molecule has 1 aromatic rings. The summed E-state index contributed by atoms with van der Waals surface area (Å²) in [6, 6.07) is 6.25. The van der Waals surface area contributed by atoms with E-state index in [0.717, 1.165) is 0 Å². The maximum atomic E-state index is 11.9. The van der Waals surface area contributed by atoms with Gasteiger partial charge in [-0.3, -0.25) is 9.59 Å². The molecule has 0 aliphatic rings. The first-order valence-electron chi connectivity index (χ1n) is 6.59. The lowest BCUT2D eigenvalue weighted by Crippen LogP contribution is -2.41. The summed E-state index contributed by atoms with van der Waals surface area (Å²) >= 11 is 0. The van der Waals surface area contributed by atoms with Crippen LogP contribution in [0, 0.1) is 5.92 Å². The fourth-order valence-electron chi connectivity index (χ4n) is 1.87. The van der Waals surface area contributed by atoms with Crippen LogP contribution < -0.4 is 10.1 Å². The number of Topliss-reactive ketones (excluding diaryl/α,β-unsaturated/α-hetero) is 1. The number of rotatable bonds is 8. The van der Waals surface area contributed by atoms with Crippen molar-refractivity contribution in [2.24, 2.45) is 5.92 Å². The van der Waals surface area contributed by atoms with Gasteiger partial charge in [-0.25, -0.2) is 0 Å². The highest BCUT2D eigenvalue weighted by Crippen LogP contribution is 2.12. The van der Waals surface area contributed by atoms with Crippen LogP contribution in [0.1, 0.15) is 30.6 Å². The van der Waals surface area contributed by atoms with Crippen molar-refractivity contribution >= 4 is 11.8 Å². The van der Waals surface area contributed by atoms with Gasteiger partial charge in [-0.15, -0.1) is 0 Å². The Morgan fingerprint density at radius 3 is 2.30 bits per heavy atom. The average molecular weight is 279 g/mol. The van der Waals surface area contributed by atoms with Crippen molar-refractivity contribution in [2.75, 3.05) is 13.7 Å². The van der Waals surface area contributed by atoms with Crippen LogP contribution in [0.3, 0.4) is 0 Å². The molecule has 0 saturated heterocycles. The summed E-state index contributed by atoms with van der Waals surface area (Å²) in [5, 5.41) is 11.9. The van der Waals surface area contributed by atoms with Gasteiger partial charge in [-0.1, -0.05) is 13.8 Å². The number of nitrogens with one attached hydrogen (secondary N) is 1. The number of carbonyl (C=O) groups excluding carboxylic acids is 1. The van der Waals surface area contributed by atoms with E-state index in [2.05, 4.69) is 5.32 Å². The van der Waals surface area contributed by atoms with Crippen LogP contribution in [-0.4, -0.2) is 36.6 Å². The molecule has 1 aromatic carbocycles. The van der Waals surface area contributed by atoms with E-state index in [4.69, 9.17) is 9.84 Å². The second kappa shape index (κ2) is 7.65. The van der Waals surface area contributed by atoms with Crippen molar-refractivity contribution < 1.29 is 19.4 Å². The van der Waals surface area contributed by atoms with E-state index < -0.39 is 12.0 Å². The van der Waals surface area contributed by atoms with Gasteiger partial charge in [0.25, 0.3) is 0 Å². The number of hydrogen-bond donors (Lipinski definition) is 2. The molecule has 1 rings (SSSR count). The Bertz CT molecular complexity index is 453. The van der Waals surface area contributed by atoms with Crippen LogP contribution in [-0.2, 0) is 4.79 Å². The summed E-state index contributed by atoms with van der Waals surface area (Å²) in [7, 11) is 1.57. The van der Waals surface area contributed by atoms with Crippen molar-refractivity contribution in [3.63, 3.8) is 0 Å². The molecule has 110 valence electrons. The lowest BCUT2D eigenvalue weighted by Gasteiger charge is -2.17. The Morgan fingerprint density at radius 1 is 1.25 bits per heavy atom. The van der Waals surface area contributed by atoms with Crippen molar-refractivity contribution in [1.82, 2.24) is 5.32 Å². The Hall–Kier alpha value is -1.88. The number of carboxylic acids is 1. The predicted molar refractivity (Wildman–Crippen MR) is 76.2 cm³/mol. The second-order valence-corrected chi connectivity index (χ2v) is 4.92. The summed E-state index contributed by atoms with van der Waals surface area (Å²) in [6.45, 7) is 4.01. The van der Waals surface area contributed by atoms with E-state index >= 15 is 0 Å². The number of methoxy groups -OCH3 is 1. The zero-order valence-electron chi connectivity index (χ0n) is 12.1. The van der Waals surface area contributed by atoms with Crippen molar-refractivity contribution in [3.8, 4) is 5.75 Å². The van der Waals surface area contributed by atoms with Gasteiger partial charge < -0.3 is 15.2 Å². The molecule has 0 radical (unpaired) electrons.